The topological polar surface area (TPSA) is 0 Å². The maximum atomic E-state index is 14.9. The predicted octanol–water partition coefficient (Wildman–Crippen LogP) is 9.71. The minimum Gasteiger partial charge on any atom is -0.206 e. The first kappa shape index (κ1) is 23.4. The van der Waals surface area contributed by atoms with E-state index < -0.39 is 0 Å². The van der Waals surface area contributed by atoms with Gasteiger partial charge in [0, 0.05) is 5.56 Å². The number of aryl methyl sites for hydroxylation is 1. The van der Waals surface area contributed by atoms with Crippen LogP contribution in [0.4, 0.5) is 4.39 Å². The lowest BCUT2D eigenvalue weighted by atomic mass is 9.98. The molecule has 0 fully saturated rings. The highest BCUT2D eigenvalue weighted by Gasteiger charge is 2.06. The van der Waals surface area contributed by atoms with Gasteiger partial charge >= 0.3 is 0 Å². The summed E-state index contributed by atoms with van der Waals surface area (Å²) in [5.41, 5.74) is 8.32. The van der Waals surface area contributed by atoms with Crippen molar-refractivity contribution in [2.75, 3.05) is 0 Å². The third kappa shape index (κ3) is 5.99. The lowest BCUT2D eigenvalue weighted by molar-refractivity contribution is 0.631. The van der Waals surface area contributed by atoms with Gasteiger partial charge in [0.1, 0.15) is 5.82 Å². The number of rotatable bonds is 8. The van der Waals surface area contributed by atoms with Crippen LogP contribution in [0.5, 0.6) is 0 Å². The van der Waals surface area contributed by atoms with Crippen LogP contribution in [-0.4, -0.2) is 0 Å². The van der Waals surface area contributed by atoms with E-state index in [-0.39, 0.29) is 5.82 Å². The third-order valence-corrected chi connectivity index (χ3v) is 5.97. The van der Waals surface area contributed by atoms with Crippen LogP contribution < -0.4 is 0 Å². The smallest absolute Gasteiger partial charge is 0.131 e. The Morgan fingerprint density at radius 1 is 0.588 bits per heavy atom. The Morgan fingerprint density at radius 2 is 1.12 bits per heavy atom. The van der Waals surface area contributed by atoms with Crippen molar-refractivity contribution in [3.63, 3.8) is 0 Å². The summed E-state index contributed by atoms with van der Waals surface area (Å²) in [5, 5.41) is 0. The van der Waals surface area contributed by atoms with Gasteiger partial charge in [0.05, 0.1) is 0 Å². The Bertz CT molecular complexity index is 1260. The standard InChI is InChI=1S/C33H31F/c1-3-5-7-26-8-10-27(11-9-26)12-13-28-16-23-32(33(34)24-28)31-21-19-30(20-22-31)29-17-14-25(6-4-2)15-18-29/h5,7-24H,3-4,6H2,1-2H3/b7-5+,13-12+. The van der Waals surface area contributed by atoms with E-state index >= 15 is 0 Å². The second kappa shape index (κ2) is 11.4. The quantitative estimate of drug-likeness (QED) is 0.236. The van der Waals surface area contributed by atoms with Gasteiger partial charge in [0.25, 0.3) is 0 Å². The molecule has 0 N–H and O–H groups in total. The molecule has 4 rings (SSSR count). The minimum atomic E-state index is -0.209. The molecule has 0 bridgehead atoms. The zero-order valence-corrected chi connectivity index (χ0v) is 20.0. The van der Waals surface area contributed by atoms with Crippen LogP contribution in [0.2, 0.25) is 0 Å². The second-order valence-corrected chi connectivity index (χ2v) is 8.57. The van der Waals surface area contributed by atoms with Gasteiger partial charge in [-0.1, -0.05) is 130 Å². The van der Waals surface area contributed by atoms with Gasteiger partial charge in [0.2, 0.25) is 0 Å². The molecule has 34 heavy (non-hydrogen) atoms. The summed E-state index contributed by atoms with van der Waals surface area (Å²) in [7, 11) is 0. The monoisotopic (exact) mass is 446 g/mol. The van der Waals surface area contributed by atoms with E-state index in [2.05, 4.69) is 86.7 Å². The lowest BCUT2D eigenvalue weighted by Gasteiger charge is -2.08. The summed E-state index contributed by atoms with van der Waals surface area (Å²) in [6.45, 7) is 4.32. The molecule has 0 aliphatic heterocycles. The van der Waals surface area contributed by atoms with E-state index in [4.69, 9.17) is 0 Å². The zero-order valence-electron chi connectivity index (χ0n) is 20.0. The van der Waals surface area contributed by atoms with Crippen molar-refractivity contribution < 1.29 is 4.39 Å². The van der Waals surface area contributed by atoms with Crippen LogP contribution in [0, 0.1) is 5.82 Å². The molecule has 0 heterocycles. The molecule has 0 atom stereocenters. The van der Waals surface area contributed by atoms with E-state index in [0.717, 1.165) is 41.5 Å². The minimum absolute atomic E-state index is 0.209. The molecule has 4 aromatic rings. The highest BCUT2D eigenvalue weighted by Crippen LogP contribution is 2.28. The average Bonchev–Trinajstić information content (AvgIpc) is 2.88. The van der Waals surface area contributed by atoms with Crippen molar-refractivity contribution in [3.8, 4) is 22.3 Å². The summed E-state index contributed by atoms with van der Waals surface area (Å²) >= 11 is 0. The second-order valence-electron chi connectivity index (χ2n) is 8.57. The normalized spacial score (nSPS) is 11.5. The Labute approximate surface area is 203 Å². The fourth-order valence-corrected chi connectivity index (χ4v) is 4.03. The largest absolute Gasteiger partial charge is 0.206 e. The molecule has 0 unspecified atom stereocenters. The number of hydrogen-bond acceptors (Lipinski definition) is 0. The van der Waals surface area contributed by atoms with Gasteiger partial charge in [-0.25, -0.2) is 4.39 Å². The molecule has 0 aliphatic carbocycles. The Hall–Kier alpha value is -3.71. The number of hydrogen-bond donors (Lipinski definition) is 0. The van der Waals surface area contributed by atoms with Crippen molar-refractivity contribution >= 4 is 18.2 Å². The molecule has 0 aliphatic rings. The first-order valence-corrected chi connectivity index (χ1v) is 12.1. The van der Waals surface area contributed by atoms with Gasteiger partial charge in [-0.05, 0) is 57.9 Å². The Balaban J connectivity index is 1.46. The van der Waals surface area contributed by atoms with Crippen LogP contribution in [0.3, 0.4) is 0 Å². The average molecular weight is 447 g/mol. The van der Waals surface area contributed by atoms with Crippen LogP contribution in [-0.2, 0) is 6.42 Å². The predicted molar refractivity (Wildman–Crippen MR) is 146 cm³/mol. The SMILES string of the molecule is CC/C=C/c1ccc(/C=C/c2ccc(-c3ccc(-c4ccc(CCC)cc4)cc3)c(F)c2)cc1. The Kier molecular flexibility index (Phi) is 7.88. The van der Waals surface area contributed by atoms with Gasteiger partial charge in [-0.15, -0.1) is 0 Å². The molecule has 170 valence electrons. The molecule has 0 aromatic heterocycles. The zero-order chi connectivity index (χ0) is 23.8. The molecular weight excluding hydrogens is 415 g/mol. The molecule has 0 radical (unpaired) electrons. The summed E-state index contributed by atoms with van der Waals surface area (Å²) in [6.07, 6.45) is 11.5. The number of benzene rings is 4. The molecule has 4 aromatic carbocycles. The van der Waals surface area contributed by atoms with Crippen molar-refractivity contribution in [2.24, 2.45) is 0 Å². The van der Waals surface area contributed by atoms with Crippen LogP contribution in [0.15, 0.2) is 97.1 Å². The summed E-state index contributed by atoms with van der Waals surface area (Å²) < 4.78 is 14.9. The highest BCUT2D eigenvalue weighted by molar-refractivity contribution is 5.74. The van der Waals surface area contributed by atoms with Crippen molar-refractivity contribution in [1.82, 2.24) is 0 Å². The summed E-state index contributed by atoms with van der Waals surface area (Å²) in [6, 6.07) is 30.6. The first-order valence-electron chi connectivity index (χ1n) is 12.1. The van der Waals surface area contributed by atoms with Gasteiger partial charge in [-0.3, -0.25) is 0 Å². The van der Waals surface area contributed by atoms with Crippen LogP contribution >= 0.6 is 0 Å². The van der Waals surface area contributed by atoms with Gasteiger partial charge in [0.15, 0.2) is 0 Å². The molecule has 0 saturated heterocycles. The van der Waals surface area contributed by atoms with Crippen molar-refractivity contribution in [1.29, 1.82) is 0 Å². The van der Waals surface area contributed by atoms with E-state index in [1.807, 2.05) is 36.4 Å². The summed E-state index contributed by atoms with van der Waals surface area (Å²) in [4.78, 5) is 0. The maximum absolute atomic E-state index is 14.9. The van der Waals surface area contributed by atoms with Gasteiger partial charge < -0.3 is 0 Å². The first-order chi connectivity index (χ1) is 16.7. The number of allylic oxidation sites excluding steroid dienone is 1. The fourth-order valence-electron chi connectivity index (χ4n) is 4.03. The molecule has 0 amide bonds. The van der Waals surface area contributed by atoms with Crippen molar-refractivity contribution in [2.45, 2.75) is 33.1 Å². The maximum Gasteiger partial charge on any atom is 0.131 e. The van der Waals surface area contributed by atoms with E-state index in [1.54, 1.807) is 6.07 Å². The lowest BCUT2D eigenvalue weighted by Crippen LogP contribution is -1.87. The van der Waals surface area contributed by atoms with E-state index in [1.165, 1.54) is 16.7 Å². The van der Waals surface area contributed by atoms with Crippen LogP contribution in [0.1, 0.15) is 48.9 Å². The van der Waals surface area contributed by atoms with Crippen LogP contribution in [0.25, 0.3) is 40.5 Å². The molecule has 0 spiro atoms. The number of halogens is 1. The highest BCUT2D eigenvalue weighted by atomic mass is 19.1. The molecule has 0 saturated carbocycles. The third-order valence-electron chi connectivity index (χ3n) is 5.97. The van der Waals surface area contributed by atoms with Crippen molar-refractivity contribution in [3.05, 3.63) is 125 Å². The van der Waals surface area contributed by atoms with Gasteiger partial charge in [-0.2, -0.15) is 0 Å². The fraction of sp³-hybridized carbons (Fsp3) is 0.152. The van der Waals surface area contributed by atoms with E-state index in [9.17, 15) is 4.39 Å². The molecule has 1 heteroatoms. The summed E-state index contributed by atoms with van der Waals surface area (Å²) in [5.74, 6) is -0.209. The Morgan fingerprint density at radius 3 is 1.71 bits per heavy atom. The molecular formula is C33H31F. The molecule has 0 nitrogen and oxygen atoms in total. The van der Waals surface area contributed by atoms with E-state index in [0.29, 0.717) is 5.56 Å².